The van der Waals surface area contributed by atoms with E-state index in [-0.39, 0.29) is 17.5 Å². The Morgan fingerprint density at radius 3 is 2.25 bits per heavy atom. The van der Waals surface area contributed by atoms with Gasteiger partial charge in [-0.2, -0.15) is 0 Å². The van der Waals surface area contributed by atoms with Crippen molar-refractivity contribution in [2.45, 2.75) is 17.9 Å². The summed E-state index contributed by atoms with van der Waals surface area (Å²) in [6, 6.07) is 15.8. The molecule has 2 rings (SSSR count). The van der Waals surface area contributed by atoms with Crippen molar-refractivity contribution < 1.29 is 8.42 Å². The van der Waals surface area contributed by atoms with Gasteiger partial charge in [0.15, 0.2) is 0 Å². The van der Waals surface area contributed by atoms with Gasteiger partial charge in [0.1, 0.15) is 0 Å². The molecular weight excluding hydrogens is 272 g/mol. The lowest BCUT2D eigenvalue weighted by Gasteiger charge is -2.13. The van der Waals surface area contributed by atoms with Crippen LogP contribution < -0.4 is 10.5 Å². The standard InChI is InChI=1S/C15H18N2O2S/c1-12-7-9-14(10-8-12)20(18,19)17-11-15(16)13-5-3-2-4-6-13/h2-10,15,17H,11,16H2,1H3/t15-/m1/s1. The quantitative estimate of drug-likeness (QED) is 0.884. The van der Waals surface area contributed by atoms with Crippen LogP contribution in [0.1, 0.15) is 17.2 Å². The Morgan fingerprint density at radius 1 is 1.05 bits per heavy atom. The van der Waals surface area contributed by atoms with Crippen molar-refractivity contribution in [3.63, 3.8) is 0 Å². The minimum absolute atomic E-state index is 0.167. The van der Waals surface area contributed by atoms with Gasteiger partial charge in [-0.05, 0) is 24.6 Å². The highest BCUT2D eigenvalue weighted by Gasteiger charge is 2.15. The van der Waals surface area contributed by atoms with Crippen molar-refractivity contribution >= 4 is 10.0 Å². The van der Waals surface area contributed by atoms with E-state index in [2.05, 4.69) is 4.72 Å². The van der Waals surface area contributed by atoms with Gasteiger partial charge in [0.2, 0.25) is 10.0 Å². The van der Waals surface area contributed by atoms with Gasteiger partial charge in [0, 0.05) is 12.6 Å². The van der Waals surface area contributed by atoms with E-state index in [1.807, 2.05) is 37.3 Å². The lowest BCUT2D eigenvalue weighted by atomic mass is 10.1. The molecule has 0 radical (unpaired) electrons. The Labute approximate surface area is 119 Å². The minimum atomic E-state index is -3.51. The summed E-state index contributed by atoms with van der Waals surface area (Å²) in [6.07, 6.45) is 0. The van der Waals surface area contributed by atoms with Crippen LogP contribution in [-0.4, -0.2) is 15.0 Å². The molecule has 0 saturated carbocycles. The second-order valence-electron chi connectivity index (χ2n) is 4.68. The predicted molar refractivity (Wildman–Crippen MR) is 79.7 cm³/mol. The second-order valence-corrected chi connectivity index (χ2v) is 6.45. The molecule has 0 aliphatic rings. The van der Waals surface area contributed by atoms with Crippen LogP contribution in [0, 0.1) is 6.92 Å². The molecule has 106 valence electrons. The molecule has 5 heteroatoms. The molecule has 1 atom stereocenters. The first-order chi connectivity index (χ1) is 9.49. The fourth-order valence-corrected chi connectivity index (χ4v) is 2.88. The van der Waals surface area contributed by atoms with Crippen LogP contribution in [-0.2, 0) is 10.0 Å². The van der Waals surface area contributed by atoms with Gasteiger partial charge in [0.05, 0.1) is 4.90 Å². The minimum Gasteiger partial charge on any atom is -0.323 e. The van der Waals surface area contributed by atoms with Crippen molar-refractivity contribution in [2.24, 2.45) is 5.73 Å². The molecule has 0 spiro atoms. The zero-order valence-corrected chi connectivity index (χ0v) is 12.1. The molecule has 20 heavy (non-hydrogen) atoms. The second kappa shape index (κ2) is 6.17. The molecule has 3 N–H and O–H groups in total. The summed E-state index contributed by atoms with van der Waals surface area (Å²) in [4.78, 5) is 0.253. The maximum absolute atomic E-state index is 12.1. The predicted octanol–water partition coefficient (Wildman–Crippen LogP) is 1.97. The lowest BCUT2D eigenvalue weighted by Crippen LogP contribution is -2.31. The molecule has 4 nitrogen and oxygen atoms in total. The normalized spacial score (nSPS) is 13.1. The number of sulfonamides is 1. The monoisotopic (exact) mass is 290 g/mol. The third-order valence-corrected chi connectivity index (χ3v) is 4.49. The molecule has 0 bridgehead atoms. The number of aryl methyl sites for hydroxylation is 1. The van der Waals surface area contributed by atoms with Gasteiger partial charge in [-0.1, -0.05) is 48.0 Å². The topological polar surface area (TPSA) is 72.2 Å². The van der Waals surface area contributed by atoms with Crippen molar-refractivity contribution in [1.82, 2.24) is 4.72 Å². The summed E-state index contributed by atoms with van der Waals surface area (Å²) in [5.41, 5.74) is 7.90. The van der Waals surface area contributed by atoms with Crippen molar-refractivity contribution in [3.8, 4) is 0 Å². The number of hydrogen-bond donors (Lipinski definition) is 2. The number of rotatable bonds is 5. The third-order valence-electron chi connectivity index (χ3n) is 3.05. The summed E-state index contributed by atoms with van der Waals surface area (Å²) < 4.78 is 26.8. The van der Waals surface area contributed by atoms with E-state index in [4.69, 9.17) is 5.73 Å². The molecule has 0 heterocycles. The maximum atomic E-state index is 12.1. The van der Waals surface area contributed by atoms with Crippen LogP contribution in [0.15, 0.2) is 59.5 Å². The van der Waals surface area contributed by atoms with Gasteiger partial charge in [-0.15, -0.1) is 0 Å². The van der Waals surface area contributed by atoms with E-state index < -0.39 is 10.0 Å². The molecule has 0 aliphatic heterocycles. The molecular formula is C15H18N2O2S. The highest BCUT2D eigenvalue weighted by Crippen LogP contribution is 2.12. The van der Waals surface area contributed by atoms with E-state index in [9.17, 15) is 8.42 Å². The highest BCUT2D eigenvalue weighted by molar-refractivity contribution is 7.89. The van der Waals surface area contributed by atoms with Crippen molar-refractivity contribution in [1.29, 1.82) is 0 Å². The largest absolute Gasteiger partial charge is 0.323 e. The molecule has 0 unspecified atom stereocenters. The SMILES string of the molecule is Cc1ccc(S(=O)(=O)NC[C@@H](N)c2ccccc2)cc1. The summed E-state index contributed by atoms with van der Waals surface area (Å²) >= 11 is 0. The Kier molecular flexibility index (Phi) is 4.54. The highest BCUT2D eigenvalue weighted by atomic mass is 32.2. The van der Waals surface area contributed by atoms with Crippen LogP contribution in [0.2, 0.25) is 0 Å². The third kappa shape index (κ3) is 3.66. The van der Waals surface area contributed by atoms with Crippen molar-refractivity contribution in [3.05, 3.63) is 65.7 Å². The van der Waals surface area contributed by atoms with E-state index >= 15 is 0 Å². The maximum Gasteiger partial charge on any atom is 0.240 e. The van der Waals surface area contributed by atoms with Crippen LogP contribution in [0.25, 0.3) is 0 Å². The zero-order chi connectivity index (χ0) is 14.6. The summed E-state index contributed by atoms with van der Waals surface area (Å²) in [7, 11) is -3.51. The van der Waals surface area contributed by atoms with Crippen molar-refractivity contribution in [2.75, 3.05) is 6.54 Å². The van der Waals surface area contributed by atoms with Crippen LogP contribution in [0.4, 0.5) is 0 Å². The van der Waals surface area contributed by atoms with Gasteiger partial charge < -0.3 is 5.73 Å². The first-order valence-corrected chi connectivity index (χ1v) is 7.84. The van der Waals surface area contributed by atoms with Gasteiger partial charge in [-0.3, -0.25) is 0 Å². The van der Waals surface area contributed by atoms with Gasteiger partial charge in [0.25, 0.3) is 0 Å². The fraction of sp³-hybridized carbons (Fsp3) is 0.200. The van der Waals surface area contributed by atoms with Gasteiger partial charge in [-0.25, -0.2) is 13.1 Å². The Bertz CT molecular complexity index is 652. The summed E-state index contributed by atoms with van der Waals surface area (Å²) in [5.74, 6) is 0. The first-order valence-electron chi connectivity index (χ1n) is 6.36. The molecule has 0 aliphatic carbocycles. The van der Waals surface area contributed by atoms with E-state index in [1.165, 1.54) is 0 Å². The lowest BCUT2D eigenvalue weighted by molar-refractivity contribution is 0.572. The Hall–Kier alpha value is -1.69. The average molecular weight is 290 g/mol. The first kappa shape index (κ1) is 14.7. The Morgan fingerprint density at radius 2 is 1.65 bits per heavy atom. The van der Waals surface area contributed by atoms with Crippen LogP contribution >= 0.6 is 0 Å². The molecule has 0 fully saturated rings. The van der Waals surface area contributed by atoms with E-state index in [0.717, 1.165) is 11.1 Å². The zero-order valence-electron chi connectivity index (χ0n) is 11.3. The molecule has 0 amide bonds. The van der Waals surface area contributed by atoms with Crippen LogP contribution in [0.5, 0.6) is 0 Å². The summed E-state index contributed by atoms with van der Waals surface area (Å²) in [5, 5.41) is 0. The number of nitrogens with two attached hydrogens (primary N) is 1. The average Bonchev–Trinajstić information content (AvgIpc) is 2.46. The number of hydrogen-bond acceptors (Lipinski definition) is 3. The van der Waals surface area contributed by atoms with Crippen LogP contribution in [0.3, 0.4) is 0 Å². The van der Waals surface area contributed by atoms with E-state index in [0.29, 0.717) is 0 Å². The Balaban J connectivity index is 2.04. The number of benzene rings is 2. The molecule has 0 saturated heterocycles. The van der Waals surface area contributed by atoms with E-state index in [1.54, 1.807) is 24.3 Å². The fourth-order valence-electron chi connectivity index (χ4n) is 1.82. The molecule has 2 aromatic carbocycles. The molecule has 2 aromatic rings. The summed E-state index contributed by atoms with van der Waals surface area (Å²) in [6.45, 7) is 2.08. The molecule has 0 aromatic heterocycles. The van der Waals surface area contributed by atoms with Gasteiger partial charge >= 0.3 is 0 Å². The number of nitrogens with one attached hydrogen (secondary N) is 1. The smallest absolute Gasteiger partial charge is 0.240 e.